The summed E-state index contributed by atoms with van der Waals surface area (Å²) in [7, 11) is 0. The van der Waals surface area contributed by atoms with E-state index in [1.165, 1.54) is 23.1 Å². The third kappa shape index (κ3) is 1.62. The first-order chi connectivity index (χ1) is 8.65. The molecule has 6 heteroatoms. The van der Waals surface area contributed by atoms with E-state index in [-0.39, 0.29) is 17.5 Å². The number of fused-ring (bicyclic) bond motifs is 1. The zero-order chi connectivity index (χ0) is 12.7. The molecule has 0 aliphatic carbocycles. The summed E-state index contributed by atoms with van der Waals surface area (Å²) in [5.74, 6) is -0.335. The Morgan fingerprint density at radius 3 is 3.00 bits per heavy atom. The van der Waals surface area contributed by atoms with Gasteiger partial charge in [-0.2, -0.15) is 5.10 Å². The Bertz CT molecular complexity index is 622. The zero-order valence-electron chi connectivity index (χ0n) is 9.48. The average Bonchev–Trinajstić information content (AvgIpc) is 2.94. The van der Waals surface area contributed by atoms with Crippen LogP contribution in [0, 0.1) is 5.82 Å². The summed E-state index contributed by atoms with van der Waals surface area (Å²) in [6, 6.07) is 5.96. The van der Waals surface area contributed by atoms with Gasteiger partial charge in [-0.1, -0.05) is 6.07 Å². The highest BCUT2D eigenvalue weighted by Gasteiger charge is 2.26. The van der Waals surface area contributed by atoms with Gasteiger partial charge in [0.15, 0.2) is 0 Å². The lowest BCUT2D eigenvalue weighted by molar-refractivity contribution is 0.0984. The van der Waals surface area contributed by atoms with Gasteiger partial charge in [0.05, 0.1) is 5.69 Å². The average molecular weight is 246 g/mol. The lowest BCUT2D eigenvalue weighted by Gasteiger charge is -2.16. The number of amides is 1. The lowest BCUT2D eigenvalue weighted by Crippen LogP contribution is -2.29. The SMILES string of the molecule is Nc1cc(C(=O)N2CCc3ccc(F)cc32)[nH]n1. The molecule has 18 heavy (non-hydrogen) atoms. The van der Waals surface area contributed by atoms with Crippen LogP contribution in [-0.2, 0) is 6.42 Å². The van der Waals surface area contributed by atoms with E-state index in [1.54, 1.807) is 6.07 Å². The number of aromatic amines is 1. The van der Waals surface area contributed by atoms with Crippen molar-refractivity contribution < 1.29 is 9.18 Å². The Morgan fingerprint density at radius 2 is 2.28 bits per heavy atom. The Morgan fingerprint density at radius 1 is 1.44 bits per heavy atom. The number of anilines is 2. The second-order valence-electron chi connectivity index (χ2n) is 4.19. The number of rotatable bonds is 1. The van der Waals surface area contributed by atoms with Crippen molar-refractivity contribution in [3.63, 3.8) is 0 Å². The number of carbonyl (C=O) groups is 1. The van der Waals surface area contributed by atoms with Crippen LogP contribution in [-0.4, -0.2) is 22.6 Å². The second-order valence-corrected chi connectivity index (χ2v) is 4.19. The van der Waals surface area contributed by atoms with Crippen LogP contribution in [0.5, 0.6) is 0 Å². The van der Waals surface area contributed by atoms with Crippen molar-refractivity contribution in [3.8, 4) is 0 Å². The van der Waals surface area contributed by atoms with Gasteiger partial charge in [0.1, 0.15) is 17.3 Å². The number of nitrogens with zero attached hydrogens (tertiary/aromatic N) is 2. The van der Waals surface area contributed by atoms with Crippen molar-refractivity contribution in [1.29, 1.82) is 0 Å². The van der Waals surface area contributed by atoms with Crippen LogP contribution in [0.2, 0.25) is 0 Å². The summed E-state index contributed by atoms with van der Waals surface area (Å²) in [5.41, 5.74) is 7.36. The standard InChI is InChI=1S/C12H11FN4O/c13-8-2-1-7-3-4-17(10(7)5-8)12(18)9-6-11(14)16-15-9/h1-2,5-6H,3-4H2,(H3,14,15,16). The number of aromatic nitrogens is 2. The Kier molecular flexibility index (Phi) is 2.29. The Hall–Kier alpha value is -2.37. The minimum Gasteiger partial charge on any atom is -0.382 e. The lowest BCUT2D eigenvalue weighted by atomic mass is 10.2. The number of halogens is 1. The topological polar surface area (TPSA) is 75.0 Å². The molecular weight excluding hydrogens is 235 g/mol. The van der Waals surface area contributed by atoms with E-state index in [2.05, 4.69) is 10.2 Å². The Balaban J connectivity index is 1.96. The largest absolute Gasteiger partial charge is 0.382 e. The van der Waals surface area contributed by atoms with E-state index >= 15 is 0 Å². The second kappa shape index (κ2) is 3.83. The molecule has 92 valence electrons. The normalized spacial score (nSPS) is 13.7. The smallest absolute Gasteiger partial charge is 0.276 e. The van der Waals surface area contributed by atoms with Crippen molar-refractivity contribution in [2.45, 2.75) is 6.42 Å². The van der Waals surface area contributed by atoms with Crippen LogP contribution < -0.4 is 10.6 Å². The van der Waals surface area contributed by atoms with Crippen LogP contribution in [0.25, 0.3) is 0 Å². The molecule has 1 amide bonds. The minimum absolute atomic E-state index is 0.247. The highest BCUT2D eigenvalue weighted by molar-refractivity contribution is 6.06. The number of H-pyrrole nitrogens is 1. The van der Waals surface area contributed by atoms with Gasteiger partial charge in [-0.25, -0.2) is 4.39 Å². The van der Waals surface area contributed by atoms with E-state index in [1.807, 2.05) is 0 Å². The molecule has 1 aliphatic rings. The summed E-state index contributed by atoms with van der Waals surface area (Å²) in [4.78, 5) is 13.7. The molecule has 0 bridgehead atoms. The van der Waals surface area contributed by atoms with Crippen molar-refractivity contribution in [1.82, 2.24) is 10.2 Å². The van der Waals surface area contributed by atoms with Gasteiger partial charge in [0, 0.05) is 12.6 Å². The van der Waals surface area contributed by atoms with Crippen molar-refractivity contribution in [2.75, 3.05) is 17.2 Å². The van der Waals surface area contributed by atoms with E-state index in [9.17, 15) is 9.18 Å². The first kappa shape index (κ1) is 10.8. The number of benzene rings is 1. The fourth-order valence-corrected chi connectivity index (χ4v) is 2.16. The minimum atomic E-state index is -0.349. The molecule has 0 atom stereocenters. The molecule has 2 aromatic rings. The zero-order valence-corrected chi connectivity index (χ0v) is 9.48. The maximum Gasteiger partial charge on any atom is 0.276 e. The van der Waals surface area contributed by atoms with E-state index in [0.717, 1.165) is 12.0 Å². The summed E-state index contributed by atoms with van der Waals surface area (Å²) >= 11 is 0. The van der Waals surface area contributed by atoms with Gasteiger partial charge in [0.25, 0.3) is 5.91 Å². The van der Waals surface area contributed by atoms with Gasteiger partial charge in [0.2, 0.25) is 0 Å². The summed E-state index contributed by atoms with van der Waals surface area (Å²) in [5, 5.41) is 6.28. The number of nitrogen functional groups attached to an aromatic ring is 1. The number of hydrogen-bond donors (Lipinski definition) is 2. The fourth-order valence-electron chi connectivity index (χ4n) is 2.16. The van der Waals surface area contributed by atoms with Crippen LogP contribution in [0.3, 0.4) is 0 Å². The molecule has 0 saturated carbocycles. The molecule has 0 fully saturated rings. The van der Waals surface area contributed by atoms with Crippen molar-refractivity contribution >= 4 is 17.4 Å². The van der Waals surface area contributed by atoms with Gasteiger partial charge in [-0.15, -0.1) is 0 Å². The highest BCUT2D eigenvalue weighted by Crippen LogP contribution is 2.29. The number of nitrogens with one attached hydrogen (secondary N) is 1. The fraction of sp³-hybridized carbons (Fsp3) is 0.167. The first-order valence-electron chi connectivity index (χ1n) is 5.56. The quantitative estimate of drug-likeness (QED) is 0.797. The third-order valence-electron chi connectivity index (χ3n) is 3.02. The molecule has 0 spiro atoms. The van der Waals surface area contributed by atoms with Crippen LogP contribution in [0.1, 0.15) is 16.1 Å². The summed E-state index contributed by atoms with van der Waals surface area (Å²) in [6.07, 6.45) is 0.727. The van der Waals surface area contributed by atoms with Gasteiger partial charge in [-0.05, 0) is 24.1 Å². The third-order valence-corrected chi connectivity index (χ3v) is 3.02. The first-order valence-corrected chi connectivity index (χ1v) is 5.56. The van der Waals surface area contributed by atoms with Crippen LogP contribution in [0.4, 0.5) is 15.9 Å². The van der Waals surface area contributed by atoms with Crippen LogP contribution >= 0.6 is 0 Å². The molecule has 1 aliphatic heterocycles. The van der Waals surface area contributed by atoms with Crippen molar-refractivity contribution in [3.05, 3.63) is 41.3 Å². The van der Waals surface area contributed by atoms with Gasteiger partial charge in [-0.3, -0.25) is 9.89 Å². The summed E-state index contributed by atoms with van der Waals surface area (Å²) in [6.45, 7) is 0.538. The maximum absolute atomic E-state index is 13.2. The van der Waals surface area contributed by atoms with Crippen LogP contribution in [0.15, 0.2) is 24.3 Å². The van der Waals surface area contributed by atoms with E-state index < -0.39 is 0 Å². The number of nitrogens with two attached hydrogens (primary N) is 1. The molecule has 2 heterocycles. The molecule has 1 aromatic heterocycles. The van der Waals surface area contributed by atoms with Gasteiger partial charge >= 0.3 is 0 Å². The molecule has 0 unspecified atom stereocenters. The number of carbonyl (C=O) groups excluding carboxylic acids is 1. The molecule has 1 aromatic carbocycles. The maximum atomic E-state index is 13.2. The molecule has 3 N–H and O–H groups in total. The molecular formula is C12H11FN4O. The van der Waals surface area contributed by atoms with E-state index in [0.29, 0.717) is 17.9 Å². The highest BCUT2D eigenvalue weighted by atomic mass is 19.1. The molecule has 0 radical (unpaired) electrons. The van der Waals surface area contributed by atoms with Gasteiger partial charge < -0.3 is 10.6 Å². The predicted molar refractivity (Wildman–Crippen MR) is 64.8 cm³/mol. The monoisotopic (exact) mass is 246 g/mol. The summed E-state index contributed by atoms with van der Waals surface area (Å²) < 4.78 is 13.2. The molecule has 0 saturated heterocycles. The molecule has 3 rings (SSSR count). The predicted octanol–water partition coefficient (Wildman–Crippen LogP) is 1.33. The number of hydrogen-bond acceptors (Lipinski definition) is 3. The van der Waals surface area contributed by atoms with E-state index in [4.69, 9.17) is 5.73 Å². The Labute approximate surface area is 102 Å². The van der Waals surface area contributed by atoms with Crippen molar-refractivity contribution in [2.24, 2.45) is 0 Å². The molecule has 5 nitrogen and oxygen atoms in total.